The van der Waals surface area contributed by atoms with Crippen molar-refractivity contribution in [3.63, 3.8) is 0 Å². The number of hydrogen-bond acceptors (Lipinski definition) is 3. The summed E-state index contributed by atoms with van der Waals surface area (Å²) in [5.41, 5.74) is 6.05. The summed E-state index contributed by atoms with van der Waals surface area (Å²) in [7, 11) is 0. The molecule has 1 aliphatic carbocycles. The summed E-state index contributed by atoms with van der Waals surface area (Å²) in [6.07, 6.45) is 0. The third-order valence-electron chi connectivity index (χ3n) is 5.08. The standard InChI is InChI=1S/C23H17NOS/c1-14-7-6-8-15(13-14)23-20-21(16-9-2-3-10-17(16)22(20)25)24-18-11-4-5-12-19(18)26-23/h2-13,20,23H,1H3/t20-,23+/m1/s1. The number of hydrogen-bond donors (Lipinski definition) is 0. The van der Waals surface area contributed by atoms with Crippen LogP contribution in [0.4, 0.5) is 5.69 Å². The van der Waals surface area contributed by atoms with E-state index in [-0.39, 0.29) is 17.0 Å². The van der Waals surface area contributed by atoms with Crippen molar-refractivity contribution in [3.8, 4) is 0 Å². The van der Waals surface area contributed by atoms with Crippen molar-refractivity contribution in [1.29, 1.82) is 0 Å². The van der Waals surface area contributed by atoms with Gasteiger partial charge in [0.05, 0.1) is 22.6 Å². The average molecular weight is 355 g/mol. The SMILES string of the molecule is Cc1cccc([C@@H]2Sc3ccccc3N=C3c4ccccc4C(=O)[C@@H]32)c1. The van der Waals surface area contributed by atoms with Gasteiger partial charge in [-0.05, 0) is 24.6 Å². The maximum atomic E-state index is 13.3. The Kier molecular flexibility index (Phi) is 3.57. The number of para-hydroxylation sites is 1. The molecule has 0 saturated carbocycles. The fourth-order valence-corrected chi connectivity index (χ4v) is 5.22. The molecule has 0 N–H and O–H groups in total. The zero-order valence-corrected chi connectivity index (χ0v) is 15.2. The van der Waals surface area contributed by atoms with Gasteiger partial charge in [0.1, 0.15) is 0 Å². The van der Waals surface area contributed by atoms with E-state index < -0.39 is 0 Å². The Bertz CT molecular complexity index is 1070. The summed E-state index contributed by atoms with van der Waals surface area (Å²) in [6.45, 7) is 2.10. The first-order valence-electron chi connectivity index (χ1n) is 8.77. The maximum absolute atomic E-state index is 13.3. The number of benzene rings is 3. The first-order valence-corrected chi connectivity index (χ1v) is 9.65. The zero-order chi connectivity index (χ0) is 17.7. The summed E-state index contributed by atoms with van der Waals surface area (Å²) in [5.74, 6) is -0.0576. The van der Waals surface area contributed by atoms with Gasteiger partial charge in [0.2, 0.25) is 0 Å². The normalized spacial score (nSPS) is 20.7. The number of Topliss-reactive ketones (excluding diaryl/α,β-unsaturated/α-hetero) is 1. The highest BCUT2D eigenvalue weighted by atomic mass is 32.2. The van der Waals surface area contributed by atoms with E-state index in [9.17, 15) is 4.79 Å². The molecule has 1 aliphatic heterocycles. The molecule has 2 nitrogen and oxygen atoms in total. The summed E-state index contributed by atoms with van der Waals surface area (Å²) in [5, 5.41) is 0.0252. The fraction of sp³-hybridized carbons (Fsp3) is 0.130. The number of carbonyl (C=O) groups excluding carboxylic acids is 1. The lowest BCUT2D eigenvalue weighted by molar-refractivity contribution is 0.0960. The lowest BCUT2D eigenvalue weighted by atomic mass is 9.92. The van der Waals surface area contributed by atoms with Crippen LogP contribution in [0.25, 0.3) is 0 Å². The van der Waals surface area contributed by atoms with Gasteiger partial charge < -0.3 is 0 Å². The largest absolute Gasteiger partial charge is 0.293 e. The lowest BCUT2D eigenvalue weighted by Gasteiger charge is -2.22. The van der Waals surface area contributed by atoms with Crippen LogP contribution in [0.15, 0.2) is 82.7 Å². The quantitative estimate of drug-likeness (QED) is 0.554. The second-order valence-electron chi connectivity index (χ2n) is 6.80. The molecule has 0 bridgehead atoms. The fourth-order valence-electron chi connectivity index (χ4n) is 3.88. The molecule has 3 aromatic carbocycles. The Balaban J connectivity index is 1.76. The van der Waals surface area contributed by atoms with E-state index in [0.717, 1.165) is 27.4 Å². The first kappa shape index (κ1) is 15.6. The van der Waals surface area contributed by atoms with Gasteiger partial charge in [-0.2, -0.15) is 0 Å². The molecular formula is C23H17NOS. The van der Waals surface area contributed by atoms with Crippen molar-refractivity contribution in [1.82, 2.24) is 0 Å². The van der Waals surface area contributed by atoms with E-state index in [2.05, 4.69) is 37.3 Å². The molecule has 126 valence electrons. The molecule has 26 heavy (non-hydrogen) atoms. The average Bonchev–Trinajstić information content (AvgIpc) is 2.83. The van der Waals surface area contributed by atoms with E-state index in [1.807, 2.05) is 42.5 Å². The highest BCUT2D eigenvalue weighted by molar-refractivity contribution is 7.99. The van der Waals surface area contributed by atoms with Crippen LogP contribution in [-0.4, -0.2) is 11.5 Å². The number of aliphatic imine (C=N–C) groups is 1. The Hall–Kier alpha value is -2.65. The van der Waals surface area contributed by atoms with Crippen molar-refractivity contribution in [2.45, 2.75) is 17.1 Å². The van der Waals surface area contributed by atoms with E-state index >= 15 is 0 Å². The van der Waals surface area contributed by atoms with Crippen molar-refractivity contribution < 1.29 is 4.79 Å². The van der Waals surface area contributed by atoms with Crippen LogP contribution in [0, 0.1) is 12.8 Å². The highest BCUT2D eigenvalue weighted by Crippen LogP contribution is 2.51. The Morgan fingerprint density at radius 2 is 1.65 bits per heavy atom. The van der Waals surface area contributed by atoms with Gasteiger partial charge >= 0.3 is 0 Å². The molecule has 3 heteroatoms. The number of fused-ring (bicyclic) bond motifs is 4. The summed E-state index contributed by atoms with van der Waals surface area (Å²) < 4.78 is 0. The number of carbonyl (C=O) groups is 1. The second kappa shape index (κ2) is 5.96. The van der Waals surface area contributed by atoms with Gasteiger partial charge in [-0.1, -0.05) is 66.2 Å². The lowest BCUT2D eigenvalue weighted by Crippen LogP contribution is -2.22. The van der Waals surface area contributed by atoms with Gasteiger partial charge in [0, 0.05) is 16.0 Å². The summed E-state index contributed by atoms with van der Waals surface area (Å²) in [6, 6.07) is 24.6. The van der Waals surface area contributed by atoms with Crippen molar-refractivity contribution >= 4 is 28.9 Å². The molecule has 0 saturated heterocycles. The van der Waals surface area contributed by atoms with Crippen molar-refractivity contribution in [3.05, 3.63) is 95.1 Å². The van der Waals surface area contributed by atoms with E-state index in [1.54, 1.807) is 11.8 Å². The monoisotopic (exact) mass is 355 g/mol. The molecule has 0 unspecified atom stereocenters. The maximum Gasteiger partial charge on any atom is 0.174 e. The molecule has 5 rings (SSSR count). The zero-order valence-electron chi connectivity index (χ0n) is 14.3. The van der Waals surface area contributed by atoms with Crippen molar-refractivity contribution in [2.75, 3.05) is 0 Å². The van der Waals surface area contributed by atoms with Crippen LogP contribution < -0.4 is 0 Å². The smallest absolute Gasteiger partial charge is 0.174 e. The second-order valence-corrected chi connectivity index (χ2v) is 7.99. The summed E-state index contributed by atoms with van der Waals surface area (Å²) in [4.78, 5) is 19.4. The molecule has 2 aliphatic rings. The van der Waals surface area contributed by atoms with Crippen LogP contribution in [0.5, 0.6) is 0 Å². The molecule has 0 spiro atoms. The first-order chi connectivity index (χ1) is 12.7. The topological polar surface area (TPSA) is 29.4 Å². The number of thioether (sulfide) groups is 1. The van der Waals surface area contributed by atoms with Gasteiger partial charge in [0.25, 0.3) is 0 Å². The van der Waals surface area contributed by atoms with Crippen LogP contribution in [0.1, 0.15) is 32.3 Å². The molecule has 1 heterocycles. The van der Waals surface area contributed by atoms with Crippen LogP contribution in [0.2, 0.25) is 0 Å². The predicted octanol–water partition coefficient (Wildman–Crippen LogP) is 5.78. The van der Waals surface area contributed by atoms with E-state index in [0.29, 0.717) is 0 Å². The predicted molar refractivity (Wildman–Crippen MR) is 107 cm³/mol. The van der Waals surface area contributed by atoms with Crippen molar-refractivity contribution in [2.24, 2.45) is 10.9 Å². The van der Waals surface area contributed by atoms with E-state index in [1.165, 1.54) is 11.1 Å². The van der Waals surface area contributed by atoms with Gasteiger partial charge in [-0.25, -0.2) is 0 Å². The minimum Gasteiger partial charge on any atom is -0.293 e. The minimum atomic E-state index is -0.244. The number of nitrogens with zero attached hydrogens (tertiary/aromatic N) is 1. The van der Waals surface area contributed by atoms with Gasteiger partial charge in [-0.15, -0.1) is 11.8 Å². The van der Waals surface area contributed by atoms with Gasteiger partial charge in [0.15, 0.2) is 5.78 Å². The third-order valence-corrected chi connectivity index (χ3v) is 6.48. The molecular weight excluding hydrogens is 338 g/mol. The van der Waals surface area contributed by atoms with E-state index in [4.69, 9.17) is 4.99 Å². The van der Waals surface area contributed by atoms with Crippen LogP contribution in [-0.2, 0) is 0 Å². The Labute approximate surface area is 157 Å². The summed E-state index contributed by atoms with van der Waals surface area (Å²) >= 11 is 1.76. The minimum absolute atomic E-state index is 0.0252. The van der Waals surface area contributed by atoms with Gasteiger partial charge in [-0.3, -0.25) is 9.79 Å². The van der Waals surface area contributed by atoms with Crippen LogP contribution >= 0.6 is 11.8 Å². The highest BCUT2D eigenvalue weighted by Gasteiger charge is 2.44. The Morgan fingerprint density at radius 3 is 2.50 bits per heavy atom. The molecule has 0 amide bonds. The Morgan fingerprint density at radius 1 is 0.885 bits per heavy atom. The number of rotatable bonds is 1. The number of ketones is 1. The third kappa shape index (κ3) is 2.35. The molecule has 0 radical (unpaired) electrons. The molecule has 0 fully saturated rings. The molecule has 3 aromatic rings. The number of aryl methyl sites for hydroxylation is 1. The molecule has 0 aromatic heterocycles. The van der Waals surface area contributed by atoms with Crippen LogP contribution in [0.3, 0.4) is 0 Å². The molecule has 2 atom stereocenters.